The van der Waals surface area contributed by atoms with E-state index >= 15 is 0 Å². The molecule has 8 heteroatoms. The Kier molecular flexibility index (Phi) is 5.36. The van der Waals surface area contributed by atoms with Gasteiger partial charge in [0.2, 0.25) is 0 Å². The van der Waals surface area contributed by atoms with E-state index in [-0.39, 0.29) is 5.70 Å². The third kappa shape index (κ3) is 3.75. The number of halogens is 1. The van der Waals surface area contributed by atoms with Gasteiger partial charge in [0.15, 0.2) is 0 Å². The van der Waals surface area contributed by atoms with E-state index in [2.05, 4.69) is 43.3 Å². The van der Waals surface area contributed by atoms with Gasteiger partial charge in [-0.3, -0.25) is 9.59 Å². The zero-order chi connectivity index (χ0) is 19.7. The highest BCUT2D eigenvalue weighted by Gasteiger charge is 2.35. The summed E-state index contributed by atoms with van der Waals surface area (Å²) in [5.74, 6) is -1.21. The van der Waals surface area contributed by atoms with Crippen LogP contribution in [-0.4, -0.2) is 41.0 Å². The number of hydrogen-bond acceptors (Lipinski definition) is 4. The van der Waals surface area contributed by atoms with Gasteiger partial charge in [-0.15, -0.1) is 0 Å². The maximum Gasteiger partial charge on any atom is 0.329 e. The van der Waals surface area contributed by atoms with Crippen molar-refractivity contribution in [2.24, 2.45) is 0 Å². The zero-order valence-corrected chi connectivity index (χ0v) is 17.2. The lowest BCUT2D eigenvalue weighted by atomic mass is 10.2. The van der Waals surface area contributed by atoms with Crippen LogP contribution in [0.2, 0.25) is 0 Å². The van der Waals surface area contributed by atoms with E-state index in [0.717, 1.165) is 31.1 Å². The van der Waals surface area contributed by atoms with Crippen molar-refractivity contribution in [1.82, 2.24) is 14.8 Å². The number of rotatable bonds is 4. The summed E-state index contributed by atoms with van der Waals surface area (Å²) >= 11 is 2.26. The number of hydrogen-bond donors (Lipinski definition) is 1. The first-order valence-electron chi connectivity index (χ1n) is 8.18. The number of carbonyl (C=O) groups excluding carboxylic acids is 3. The van der Waals surface area contributed by atoms with Crippen LogP contribution in [0.5, 0.6) is 0 Å². The van der Waals surface area contributed by atoms with Gasteiger partial charge in [-0.2, -0.15) is 0 Å². The first-order valence-corrected chi connectivity index (χ1v) is 9.26. The molecule has 2 aromatic rings. The molecule has 140 valence electrons. The number of aromatic nitrogens is 1. The van der Waals surface area contributed by atoms with Crippen molar-refractivity contribution in [2.75, 3.05) is 13.7 Å². The van der Waals surface area contributed by atoms with Gasteiger partial charge in [-0.25, -0.2) is 9.69 Å². The zero-order valence-electron chi connectivity index (χ0n) is 15.1. The number of ether oxygens (including phenoxy) is 1. The molecule has 3 rings (SSSR count). The molecule has 2 heterocycles. The molecule has 0 radical (unpaired) electrons. The number of urea groups is 1. The van der Waals surface area contributed by atoms with Crippen LogP contribution in [0, 0.1) is 17.4 Å². The minimum Gasteiger partial charge on any atom is -0.468 e. The molecular weight excluding hydrogens is 461 g/mol. The van der Waals surface area contributed by atoms with Gasteiger partial charge in [0, 0.05) is 20.6 Å². The van der Waals surface area contributed by atoms with Gasteiger partial charge in [0.05, 0.1) is 7.11 Å². The summed E-state index contributed by atoms with van der Waals surface area (Å²) in [6.07, 6.45) is 1.63. The molecule has 27 heavy (non-hydrogen) atoms. The van der Waals surface area contributed by atoms with Gasteiger partial charge in [0.1, 0.15) is 12.2 Å². The Hall–Kier alpha value is -2.62. The van der Waals surface area contributed by atoms with Crippen LogP contribution in [0.4, 0.5) is 4.79 Å². The van der Waals surface area contributed by atoms with Crippen molar-refractivity contribution < 1.29 is 19.1 Å². The Balaban J connectivity index is 1.94. The number of methoxy groups -OCH3 is 1. The third-order valence-corrected chi connectivity index (χ3v) is 4.98. The third-order valence-electron chi connectivity index (χ3n) is 4.31. The molecule has 0 atom stereocenters. The summed E-state index contributed by atoms with van der Waals surface area (Å²) in [5, 5.41) is 2.52. The van der Waals surface area contributed by atoms with E-state index in [4.69, 9.17) is 0 Å². The van der Waals surface area contributed by atoms with Crippen molar-refractivity contribution in [2.45, 2.75) is 13.8 Å². The molecule has 3 amide bonds. The number of aryl methyl sites for hydroxylation is 1. The van der Waals surface area contributed by atoms with E-state index in [0.29, 0.717) is 0 Å². The highest BCUT2D eigenvalue weighted by atomic mass is 127. The first kappa shape index (κ1) is 19.2. The highest BCUT2D eigenvalue weighted by Crippen LogP contribution is 2.24. The van der Waals surface area contributed by atoms with Crippen LogP contribution < -0.4 is 5.32 Å². The van der Waals surface area contributed by atoms with E-state index < -0.39 is 24.5 Å². The van der Waals surface area contributed by atoms with Crippen molar-refractivity contribution in [3.8, 4) is 5.69 Å². The Labute approximate surface area is 170 Å². The van der Waals surface area contributed by atoms with Gasteiger partial charge < -0.3 is 14.6 Å². The summed E-state index contributed by atoms with van der Waals surface area (Å²) in [6, 6.07) is 9.40. The van der Waals surface area contributed by atoms with Crippen LogP contribution >= 0.6 is 22.6 Å². The molecule has 1 aliphatic rings. The SMILES string of the molecule is COC(=O)CN1C(=O)N/C(=C/c2cc(C)n(-c3cccc(I)c3)c2C)C1=O. The summed E-state index contributed by atoms with van der Waals surface area (Å²) in [6.45, 7) is 3.51. The van der Waals surface area contributed by atoms with E-state index in [1.807, 2.05) is 38.1 Å². The van der Waals surface area contributed by atoms with Crippen LogP contribution in [0.1, 0.15) is 17.0 Å². The first-order chi connectivity index (χ1) is 12.8. The van der Waals surface area contributed by atoms with Crippen molar-refractivity contribution in [3.63, 3.8) is 0 Å². The van der Waals surface area contributed by atoms with Gasteiger partial charge in [-0.05, 0) is 72.3 Å². The monoisotopic (exact) mass is 479 g/mol. The number of carbonyl (C=O) groups is 3. The highest BCUT2D eigenvalue weighted by molar-refractivity contribution is 14.1. The molecule has 1 aromatic heterocycles. The van der Waals surface area contributed by atoms with Crippen molar-refractivity contribution in [1.29, 1.82) is 0 Å². The molecule has 1 saturated heterocycles. The fourth-order valence-electron chi connectivity index (χ4n) is 3.01. The number of nitrogens with zero attached hydrogens (tertiary/aromatic N) is 2. The average Bonchev–Trinajstić information content (AvgIpc) is 3.05. The second-order valence-corrected chi connectivity index (χ2v) is 7.34. The van der Waals surface area contributed by atoms with Crippen molar-refractivity contribution in [3.05, 3.63) is 56.6 Å². The number of imide groups is 1. The van der Waals surface area contributed by atoms with Gasteiger partial charge in [0.25, 0.3) is 5.91 Å². The Bertz CT molecular complexity index is 977. The molecular formula is C19H18IN3O4. The standard InChI is InChI=1S/C19H18IN3O4/c1-11-7-13(12(2)23(11)15-6-4-5-14(20)9-15)8-16-18(25)22(19(26)21-16)10-17(24)27-3/h4-9H,10H2,1-3H3,(H,21,26)/b16-8+. The minimum atomic E-state index is -0.656. The molecule has 0 spiro atoms. The molecule has 1 aliphatic heterocycles. The van der Waals surface area contributed by atoms with Crippen LogP contribution in [0.3, 0.4) is 0 Å². The lowest BCUT2D eigenvalue weighted by Gasteiger charge is -2.10. The van der Waals surface area contributed by atoms with Crippen LogP contribution in [0.15, 0.2) is 36.0 Å². The van der Waals surface area contributed by atoms with Gasteiger partial charge >= 0.3 is 12.0 Å². The number of nitrogens with one attached hydrogen (secondary N) is 1. The van der Waals surface area contributed by atoms with Crippen LogP contribution in [0.25, 0.3) is 11.8 Å². The maximum absolute atomic E-state index is 12.4. The van der Waals surface area contributed by atoms with Crippen LogP contribution in [-0.2, 0) is 14.3 Å². The van der Waals surface area contributed by atoms with Crippen molar-refractivity contribution >= 4 is 46.6 Å². The lowest BCUT2D eigenvalue weighted by molar-refractivity contribution is -0.143. The quantitative estimate of drug-likeness (QED) is 0.317. The van der Waals surface area contributed by atoms with E-state index in [1.165, 1.54) is 7.11 Å². The van der Waals surface area contributed by atoms with Gasteiger partial charge in [-0.1, -0.05) is 6.07 Å². The second kappa shape index (κ2) is 7.55. The summed E-state index contributed by atoms with van der Waals surface area (Å²) in [5.41, 5.74) is 3.91. The fraction of sp³-hybridized carbons (Fsp3) is 0.211. The molecule has 1 N–H and O–H groups in total. The molecule has 0 unspecified atom stereocenters. The normalized spacial score (nSPS) is 15.4. The summed E-state index contributed by atoms with van der Waals surface area (Å²) < 4.78 is 7.73. The maximum atomic E-state index is 12.4. The molecule has 1 aromatic carbocycles. The van der Waals surface area contributed by atoms with E-state index in [9.17, 15) is 14.4 Å². The Morgan fingerprint density at radius 2 is 2.00 bits per heavy atom. The molecule has 0 saturated carbocycles. The minimum absolute atomic E-state index is 0.131. The fourth-order valence-corrected chi connectivity index (χ4v) is 3.54. The molecule has 7 nitrogen and oxygen atoms in total. The summed E-state index contributed by atoms with van der Waals surface area (Å²) in [7, 11) is 1.21. The second-order valence-electron chi connectivity index (χ2n) is 6.10. The topological polar surface area (TPSA) is 80.6 Å². The van der Waals surface area contributed by atoms with E-state index in [1.54, 1.807) is 6.08 Å². The number of benzene rings is 1. The number of amides is 3. The predicted molar refractivity (Wildman–Crippen MR) is 108 cm³/mol. The lowest BCUT2D eigenvalue weighted by Crippen LogP contribution is -2.36. The molecule has 1 fully saturated rings. The Morgan fingerprint density at radius 3 is 2.67 bits per heavy atom. The molecule has 0 aliphatic carbocycles. The smallest absolute Gasteiger partial charge is 0.329 e. The average molecular weight is 479 g/mol. The summed E-state index contributed by atoms with van der Waals surface area (Å²) in [4.78, 5) is 36.7. The number of esters is 1. The Morgan fingerprint density at radius 1 is 1.26 bits per heavy atom. The molecule has 0 bridgehead atoms. The largest absolute Gasteiger partial charge is 0.468 e. The predicted octanol–water partition coefficient (Wildman–Crippen LogP) is 2.76.